The molecule has 36 heavy (non-hydrogen) atoms. The largest absolute Gasteiger partial charge is 0.370 e. The third-order valence-corrected chi connectivity index (χ3v) is 7.55. The van der Waals surface area contributed by atoms with Gasteiger partial charge in [0.15, 0.2) is 0 Å². The molecular formula is C31H33N5. The third kappa shape index (κ3) is 3.99. The van der Waals surface area contributed by atoms with Crippen molar-refractivity contribution in [2.45, 2.75) is 39.3 Å². The Hall–Kier alpha value is -3.83. The molecule has 1 aliphatic heterocycles. The van der Waals surface area contributed by atoms with Gasteiger partial charge < -0.3 is 19.6 Å². The van der Waals surface area contributed by atoms with Crippen LogP contribution in [0.3, 0.4) is 0 Å². The first-order valence-electron chi connectivity index (χ1n) is 12.8. The normalized spacial score (nSPS) is 16.2. The molecule has 1 saturated heterocycles. The Morgan fingerprint density at radius 2 is 1.86 bits per heavy atom. The van der Waals surface area contributed by atoms with Crippen LogP contribution in [0.1, 0.15) is 35.2 Å². The predicted molar refractivity (Wildman–Crippen MR) is 149 cm³/mol. The van der Waals surface area contributed by atoms with Crippen molar-refractivity contribution < 1.29 is 0 Å². The number of hydrogen-bond acceptors (Lipinski definition) is 3. The first-order chi connectivity index (χ1) is 17.5. The molecule has 182 valence electrons. The zero-order valence-corrected chi connectivity index (χ0v) is 21.1. The van der Waals surface area contributed by atoms with E-state index < -0.39 is 0 Å². The molecule has 4 heterocycles. The van der Waals surface area contributed by atoms with E-state index in [1.807, 2.05) is 0 Å². The minimum absolute atomic E-state index is 0.218. The molecule has 1 atom stereocenters. The maximum Gasteiger partial charge on any atom is 0.138 e. The summed E-state index contributed by atoms with van der Waals surface area (Å²) < 4.78 is 4.58. The van der Waals surface area contributed by atoms with Crippen molar-refractivity contribution in [2.75, 3.05) is 13.1 Å². The topological polar surface area (TPSA) is 51.5 Å². The van der Waals surface area contributed by atoms with Crippen LogP contribution in [0.4, 0.5) is 0 Å². The summed E-state index contributed by atoms with van der Waals surface area (Å²) >= 11 is 0. The molecule has 6 rings (SSSR count). The van der Waals surface area contributed by atoms with Crippen molar-refractivity contribution in [3.8, 4) is 11.4 Å². The number of imidazole rings is 1. The zero-order chi connectivity index (χ0) is 24.8. The second-order valence-electron chi connectivity index (χ2n) is 10.1. The number of para-hydroxylation sites is 1. The highest BCUT2D eigenvalue weighted by Crippen LogP contribution is 2.32. The van der Waals surface area contributed by atoms with Gasteiger partial charge in [0.1, 0.15) is 11.3 Å². The molecule has 0 radical (unpaired) electrons. The molecule has 1 aliphatic rings. The van der Waals surface area contributed by atoms with E-state index in [1.165, 1.54) is 22.0 Å². The number of piperidine rings is 1. The highest BCUT2D eigenvalue weighted by molar-refractivity contribution is 5.87. The van der Waals surface area contributed by atoms with Crippen LogP contribution in [0.2, 0.25) is 0 Å². The van der Waals surface area contributed by atoms with Gasteiger partial charge in [0, 0.05) is 59.7 Å². The first kappa shape index (κ1) is 22.6. The molecule has 2 aromatic carbocycles. The van der Waals surface area contributed by atoms with Gasteiger partial charge in [-0.3, -0.25) is 0 Å². The molecule has 0 saturated carbocycles. The number of fused-ring (bicyclic) bond motifs is 2. The Balaban J connectivity index is 1.42. The molecule has 1 unspecified atom stereocenters. The lowest BCUT2D eigenvalue weighted by Crippen LogP contribution is -2.41. The molecule has 5 aromatic rings. The summed E-state index contributed by atoms with van der Waals surface area (Å²) in [6, 6.07) is 24.2. The summed E-state index contributed by atoms with van der Waals surface area (Å²) in [5, 5.41) is 1.23. The summed E-state index contributed by atoms with van der Waals surface area (Å²) in [7, 11) is 0. The fraction of sp³-hybridized carbons (Fsp3) is 0.258. The smallest absolute Gasteiger partial charge is 0.138 e. The summed E-state index contributed by atoms with van der Waals surface area (Å²) in [6.07, 6.45) is 4.32. The molecule has 5 nitrogen and oxygen atoms in total. The summed E-state index contributed by atoms with van der Waals surface area (Å²) in [5.41, 5.74) is 16.4. The van der Waals surface area contributed by atoms with E-state index in [0.29, 0.717) is 0 Å². The number of nitrogens with two attached hydrogens (primary N) is 1. The average Bonchev–Trinajstić information content (AvgIpc) is 3.42. The predicted octanol–water partition coefficient (Wildman–Crippen LogP) is 6.01. The van der Waals surface area contributed by atoms with Crippen LogP contribution in [-0.2, 0) is 6.54 Å². The van der Waals surface area contributed by atoms with Crippen LogP contribution in [0, 0.1) is 13.8 Å². The SMILES string of the molecule is C=C(c1ccn2c(C)c(-c3cc4ccccc4n3Cc3ccc(C)cc3)nc2c1)N1CCCC(N)C1. The second kappa shape index (κ2) is 8.99. The standard InChI is InChI=1S/C31H33N5/c1-21-10-12-24(13-11-21)19-36-28-9-5-4-7-26(28)17-29(36)31-23(3)35-16-14-25(18-30(35)33-31)22(2)34-15-6-8-27(32)20-34/h4-5,7,9-14,16-18,27H,2,6,8,15,19-20,32H2,1,3H3. The monoisotopic (exact) mass is 475 g/mol. The maximum atomic E-state index is 6.23. The van der Waals surface area contributed by atoms with Gasteiger partial charge in [-0.1, -0.05) is 54.6 Å². The van der Waals surface area contributed by atoms with E-state index in [1.54, 1.807) is 0 Å². The van der Waals surface area contributed by atoms with Crippen LogP contribution >= 0.6 is 0 Å². The van der Waals surface area contributed by atoms with Crippen LogP contribution in [0.5, 0.6) is 0 Å². The average molecular weight is 476 g/mol. The number of nitrogens with zero attached hydrogens (tertiary/aromatic N) is 4. The number of benzene rings is 2. The van der Waals surface area contributed by atoms with Crippen molar-refractivity contribution in [2.24, 2.45) is 5.73 Å². The number of pyridine rings is 1. The van der Waals surface area contributed by atoms with E-state index in [-0.39, 0.29) is 6.04 Å². The Labute approximate surface area is 212 Å². The van der Waals surface area contributed by atoms with Gasteiger partial charge in [-0.05, 0) is 56.5 Å². The van der Waals surface area contributed by atoms with E-state index in [9.17, 15) is 0 Å². The lowest BCUT2D eigenvalue weighted by atomic mass is 10.0. The molecule has 0 aliphatic carbocycles. The Morgan fingerprint density at radius 1 is 1.06 bits per heavy atom. The van der Waals surface area contributed by atoms with Gasteiger partial charge in [0.05, 0.1) is 5.69 Å². The minimum atomic E-state index is 0.218. The van der Waals surface area contributed by atoms with Gasteiger partial charge in [-0.25, -0.2) is 4.98 Å². The number of aromatic nitrogens is 3. The van der Waals surface area contributed by atoms with Gasteiger partial charge in [-0.2, -0.15) is 0 Å². The lowest BCUT2D eigenvalue weighted by Gasteiger charge is -2.34. The van der Waals surface area contributed by atoms with Gasteiger partial charge in [0.25, 0.3) is 0 Å². The summed E-state index contributed by atoms with van der Waals surface area (Å²) in [4.78, 5) is 7.47. The molecule has 0 amide bonds. The van der Waals surface area contributed by atoms with Crippen LogP contribution in [0.25, 0.3) is 33.6 Å². The van der Waals surface area contributed by atoms with Crippen molar-refractivity contribution in [3.05, 3.63) is 102 Å². The molecule has 2 N–H and O–H groups in total. The van der Waals surface area contributed by atoms with Crippen molar-refractivity contribution in [1.82, 2.24) is 18.9 Å². The molecule has 0 spiro atoms. The quantitative estimate of drug-likeness (QED) is 0.338. The summed E-state index contributed by atoms with van der Waals surface area (Å²) in [6.45, 7) is 11.4. The minimum Gasteiger partial charge on any atom is -0.370 e. The maximum absolute atomic E-state index is 6.23. The Morgan fingerprint density at radius 3 is 2.67 bits per heavy atom. The molecular weight excluding hydrogens is 442 g/mol. The van der Waals surface area contributed by atoms with Gasteiger partial charge in [-0.15, -0.1) is 0 Å². The van der Waals surface area contributed by atoms with E-state index in [2.05, 4.69) is 107 Å². The fourth-order valence-electron chi connectivity index (χ4n) is 5.48. The first-order valence-corrected chi connectivity index (χ1v) is 12.8. The Bertz CT molecular complexity index is 1570. The number of rotatable bonds is 5. The third-order valence-electron chi connectivity index (χ3n) is 7.55. The molecule has 0 bridgehead atoms. The van der Waals surface area contributed by atoms with Gasteiger partial charge >= 0.3 is 0 Å². The van der Waals surface area contributed by atoms with E-state index in [4.69, 9.17) is 10.7 Å². The van der Waals surface area contributed by atoms with E-state index >= 15 is 0 Å². The highest BCUT2D eigenvalue weighted by atomic mass is 15.2. The van der Waals surface area contributed by atoms with Crippen molar-refractivity contribution >= 4 is 22.2 Å². The highest BCUT2D eigenvalue weighted by Gasteiger charge is 2.21. The molecule has 5 heteroatoms. The van der Waals surface area contributed by atoms with E-state index in [0.717, 1.165) is 66.5 Å². The van der Waals surface area contributed by atoms with Crippen LogP contribution in [0.15, 0.2) is 79.5 Å². The van der Waals surface area contributed by atoms with Crippen molar-refractivity contribution in [1.29, 1.82) is 0 Å². The molecule has 3 aromatic heterocycles. The zero-order valence-electron chi connectivity index (χ0n) is 21.1. The summed E-state index contributed by atoms with van der Waals surface area (Å²) in [5.74, 6) is 0. The number of likely N-dealkylation sites (tertiary alicyclic amines) is 1. The Kier molecular flexibility index (Phi) is 5.65. The second-order valence-corrected chi connectivity index (χ2v) is 10.1. The number of hydrogen-bond donors (Lipinski definition) is 1. The van der Waals surface area contributed by atoms with Gasteiger partial charge in [0.2, 0.25) is 0 Å². The lowest BCUT2D eigenvalue weighted by molar-refractivity contribution is 0.296. The number of aryl methyl sites for hydroxylation is 2. The van der Waals surface area contributed by atoms with Crippen LogP contribution in [-0.4, -0.2) is 38.0 Å². The van der Waals surface area contributed by atoms with Crippen molar-refractivity contribution in [3.63, 3.8) is 0 Å². The molecule has 1 fully saturated rings. The fourth-order valence-corrected chi connectivity index (χ4v) is 5.48. The van der Waals surface area contributed by atoms with Crippen LogP contribution < -0.4 is 5.73 Å².